The van der Waals surface area contributed by atoms with Crippen molar-refractivity contribution in [2.24, 2.45) is 0 Å². The van der Waals surface area contributed by atoms with E-state index in [9.17, 15) is 43.9 Å². The molecule has 0 saturated carbocycles. The second kappa shape index (κ2) is 15.0. The molecule has 0 saturated heterocycles. The van der Waals surface area contributed by atoms with E-state index in [0.29, 0.717) is 0 Å². The highest BCUT2D eigenvalue weighted by Crippen LogP contribution is 2.58. The highest BCUT2D eigenvalue weighted by molar-refractivity contribution is 7.13. The lowest BCUT2D eigenvalue weighted by Crippen LogP contribution is -2.31. The van der Waals surface area contributed by atoms with Crippen LogP contribution in [0.5, 0.6) is 0 Å². The van der Waals surface area contributed by atoms with Crippen molar-refractivity contribution >= 4 is 29.6 Å². The van der Waals surface area contributed by atoms with E-state index in [-0.39, 0.29) is 11.1 Å². The Kier molecular flexibility index (Phi) is 10.6. The molecule has 6 aromatic carbocycles. The van der Waals surface area contributed by atoms with Crippen LogP contribution in [0.15, 0.2) is 60.7 Å². The predicted octanol–water partition coefficient (Wildman–Crippen LogP) is 13.8. The van der Waals surface area contributed by atoms with E-state index in [1.807, 2.05) is 0 Å². The van der Waals surface area contributed by atoms with E-state index >= 15 is 35.1 Å². The van der Waals surface area contributed by atoms with Gasteiger partial charge in [-0.1, -0.05) is 73.8 Å². The molecule has 1 aliphatic rings. The minimum Gasteiger partial charge on any atom is -0.203 e. The summed E-state index contributed by atoms with van der Waals surface area (Å²) in [5.74, 6) is -49.4. The number of allylic oxidation sites excluding steroid dienone is 2. The molecule has 0 bridgehead atoms. The van der Waals surface area contributed by atoms with Crippen LogP contribution in [-0.4, -0.2) is 8.07 Å². The zero-order chi connectivity index (χ0) is 44.9. The quantitative estimate of drug-likeness (QED) is 0.0676. The van der Waals surface area contributed by atoms with Crippen LogP contribution in [-0.2, 0) is 0 Å². The van der Waals surface area contributed by atoms with E-state index in [0.717, 1.165) is 13.1 Å². The fourth-order valence-corrected chi connectivity index (χ4v) is 11.2. The van der Waals surface area contributed by atoms with Crippen molar-refractivity contribution in [1.82, 2.24) is 0 Å². The smallest absolute Gasteiger partial charge is 0.200 e. The molecule has 0 spiro atoms. The molecule has 314 valence electrons. The summed E-state index contributed by atoms with van der Waals surface area (Å²) in [6.07, 6.45) is 0. The van der Waals surface area contributed by atoms with Crippen LogP contribution in [0.3, 0.4) is 0 Å². The molecule has 0 radical (unpaired) electrons. The van der Waals surface area contributed by atoms with E-state index in [1.54, 1.807) is 0 Å². The Bertz CT molecular complexity index is 2640. The van der Waals surface area contributed by atoms with Crippen molar-refractivity contribution in [2.75, 3.05) is 0 Å². The number of halogens is 18. The minimum absolute atomic E-state index is 0.185. The zero-order valence-electron chi connectivity index (χ0n) is 30.1. The lowest BCUT2D eigenvalue weighted by molar-refractivity contribution is 0.379. The number of hydrogen-bond donors (Lipinski definition) is 0. The summed E-state index contributed by atoms with van der Waals surface area (Å²) in [6.45, 7) is 1.96. The molecule has 0 unspecified atom stereocenters. The third-order valence-electron chi connectivity index (χ3n) is 10.1. The molecule has 61 heavy (non-hydrogen) atoms. The molecule has 6 aromatic rings. The van der Waals surface area contributed by atoms with Crippen LogP contribution >= 0.6 is 0 Å². The summed E-state index contributed by atoms with van der Waals surface area (Å²) in [6, 6.07) is 12.7. The van der Waals surface area contributed by atoms with E-state index in [2.05, 4.69) is 0 Å². The molecule has 7 rings (SSSR count). The Labute approximate surface area is 331 Å². The maximum atomic E-state index is 16.6. The molecule has 0 fully saturated rings. The first-order valence-corrected chi connectivity index (χ1v) is 20.0. The first-order valence-electron chi connectivity index (χ1n) is 17.0. The number of hydrogen-bond acceptors (Lipinski definition) is 0. The summed E-state index contributed by atoms with van der Waals surface area (Å²) in [5, 5.41) is -1.79. The Hall–Kier alpha value is -6.24. The first-order chi connectivity index (χ1) is 28.6. The molecule has 0 aliphatic carbocycles. The van der Waals surface area contributed by atoms with Gasteiger partial charge in [0.1, 0.15) is 8.07 Å². The van der Waals surface area contributed by atoms with E-state index in [4.69, 9.17) is 0 Å². The van der Waals surface area contributed by atoms with Gasteiger partial charge in [0.05, 0.1) is 33.4 Å². The first kappa shape index (κ1) is 42.9. The normalized spacial score (nSPS) is 13.9. The summed E-state index contributed by atoms with van der Waals surface area (Å²) in [7, 11) is -4.78. The van der Waals surface area contributed by atoms with Crippen molar-refractivity contribution in [3.63, 3.8) is 0 Å². The molecule has 19 heteroatoms. The van der Waals surface area contributed by atoms with Crippen LogP contribution in [0, 0.1) is 105 Å². The summed E-state index contributed by atoms with van der Waals surface area (Å²) in [5.41, 5.74) is -14.7. The highest BCUT2D eigenvalue weighted by atomic mass is 28.3. The lowest BCUT2D eigenvalue weighted by Gasteiger charge is -2.28. The second-order valence-corrected chi connectivity index (χ2v) is 18.0. The molecular weight excluding hydrogens is 875 g/mol. The van der Waals surface area contributed by atoms with Gasteiger partial charge in [-0.15, -0.1) is 0 Å². The molecule has 0 N–H and O–H groups in total. The number of rotatable bonds is 6. The van der Waals surface area contributed by atoms with E-state index in [1.165, 1.54) is 60.7 Å². The van der Waals surface area contributed by atoms with Crippen LogP contribution in [0.1, 0.15) is 22.3 Å². The van der Waals surface area contributed by atoms with Crippen molar-refractivity contribution in [3.8, 4) is 22.3 Å². The van der Waals surface area contributed by atoms with Gasteiger partial charge in [-0.2, -0.15) is 0 Å². The molecule has 0 aromatic heterocycles. The summed E-state index contributed by atoms with van der Waals surface area (Å²) < 4.78 is 275. The monoisotopic (exact) mass is 890 g/mol. The fraction of sp³-hybridized carbons (Fsp3) is 0.0476. The Morgan fingerprint density at radius 3 is 0.656 bits per heavy atom. The van der Waals surface area contributed by atoms with Crippen molar-refractivity contribution in [3.05, 3.63) is 188 Å². The topological polar surface area (TPSA) is 0 Å². The van der Waals surface area contributed by atoms with Gasteiger partial charge in [-0.3, -0.25) is 0 Å². The van der Waals surface area contributed by atoms with Crippen molar-refractivity contribution < 1.29 is 79.0 Å². The van der Waals surface area contributed by atoms with Crippen molar-refractivity contribution in [1.29, 1.82) is 0 Å². The largest absolute Gasteiger partial charge is 0.203 e. The third-order valence-corrected chi connectivity index (χ3v) is 13.6. The average molecular weight is 891 g/mol. The zero-order valence-corrected chi connectivity index (χ0v) is 31.1. The molecule has 1 heterocycles. The Balaban J connectivity index is 1.63. The standard InChI is InChI=1S/C42H16F18Si/c1-61(2)41(21-31(51)23(43)17(24(44)32(21)52)19-27(47)35(55)39(59)36(56)28(19)48)15(13-9-5-3-6-10-13)16(14-11-7-4-8-12-14)42(61)22-33(53)25(45)18(26(46)34(22)54)20-29(49)37(57)40(60)38(58)30(20)50/h3-12H,1-2H3. The van der Waals surface area contributed by atoms with Gasteiger partial charge in [-0.25, -0.2) is 79.0 Å². The second-order valence-electron chi connectivity index (χ2n) is 13.8. The Morgan fingerprint density at radius 2 is 0.426 bits per heavy atom. The van der Waals surface area contributed by atoms with Gasteiger partial charge in [0, 0.05) is 0 Å². The third kappa shape index (κ3) is 6.09. The highest BCUT2D eigenvalue weighted by Gasteiger charge is 2.50. The van der Waals surface area contributed by atoms with Gasteiger partial charge in [0.15, 0.2) is 93.1 Å². The minimum atomic E-state index is -4.78. The van der Waals surface area contributed by atoms with Gasteiger partial charge in [-0.05, 0) is 32.7 Å². The van der Waals surface area contributed by atoms with Gasteiger partial charge >= 0.3 is 0 Å². The van der Waals surface area contributed by atoms with Gasteiger partial charge in [0.2, 0.25) is 11.6 Å². The Morgan fingerprint density at radius 1 is 0.246 bits per heavy atom. The van der Waals surface area contributed by atoms with Crippen LogP contribution < -0.4 is 0 Å². The fourth-order valence-electron chi connectivity index (χ4n) is 7.45. The average Bonchev–Trinajstić information content (AvgIpc) is 3.48. The lowest BCUT2D eigenvalue weighted by atomic mass is 9.88. The maximum Gasteiger partial charge on any atom is 0.200 e. The van der Waals surface area contributed by atoms with Crippen LogP contribution in [0.4, 0.5) is 79.0 Å². The SMILES string of the molecule is C[Si]1(C)C(c2c(F)c(F)c(-c3c(F)c(F)c(F)c(F)c3F)c(F)c2F)=C(c2ccccc2)C(c2ccccc2)=C1c1c(F)c(F)c(-c2c(F)c(F)c(F)c(F)c2F)c(F)c1F. The van der Waals surface area contributed by atoms with Crippen LogP contribution in [0.2, 0.25) is 13.1 Å². The van der Waals surface area contributed by atoms with Gasteiger partial charge < -0.3 is 0 Å². The summed E-state index contributed by atoms with van der Waals surface area (Å²) in [4.78, 5) is 0. The number of benzene rings is 6. The molecule has 0 nitrogen and oxygen atoms in total. The molecule has 1 aliphatic heterocycles. The maximum absolute atomic E-state index is 16.6. The predicted molar refractivity (Wildman–Crippen MR) is 187 cm³/mol. The summed E-state index contributed by atoms with van der Waals surface area (Å²) >= 11 is 0. The van der Waals surface area contributed by atoms with Crippen molar-refractivity contribution in [2.45, 2.75) is 13.1 Å². The van der Waals surface area contributed by atoms with E-state index < -0.39 is 168 Å². The molecule has 0 amide bonds. The van der Waals surface area contributed by atoms with Crippen LogP contribution in [0.25, 0.3) is 43.8 Å². The van der Waals surface area contributed by atoms with Gasteiger partial charge in [0.25, 0.3) is 0 Å². The molecular formula is C42H16F18Si. The molecule has 0 atom stereocenters.